The molecule has 1 amide bonds. The summed E-state index contributed by atoms with van der Waals surface area (Å²) in [7, 11) is 3.65. The van der Waals surface area contributed by atoms with Crippen molar-refractivity contribution >= 4 is 11.9 Å². The lowest BCUT2D eigenvalue weighted by Gasteiger charge is -2.33. The molecule has 0 radical (unpaired) electrons. The summed E-state index contributed by atoms with van der Waals surface area (Å²) < 4.78 is 5.35. The minimum absolute atomic E-state index is 0.00851. The summed E-state index contributed by atoms with van der Waals surface area (Å²) >= 11 is 0. The summed E-state index contributed by atoms with van der Waals surface area (Å²) in [6, 6.07) is 0. The molecule has 1 aliphatic heterocycles. The number of amides is 1. The van der Waals surface area contributed by atoms with Gasteiger partial charge < -0.3 is 9.64 Å². The molecule has 1 rings (SSSR count). The fourth-order valence-electron chi connectivity index (χ4n) is 1.84. The Labute approximate surface area is 115 Å². The number of rotatable bonds is 1. The predicted octanol–water partition coefficient (Wildman–Crippen LogP) is 2.24. The number of nitrogens with zero attached hydrogens (tertiary/aromatic N) is 2. The van der Waals surface area contributed by atoms with Crippen molar-refractivity contribution in [3.8, 4) is 0 Å². The van der Waals surface area contributed by atoms with Crippen LogP contribution in [0.2, 0.25) is 0 Å². The lowest BCUT2D eigenvalue weighted by molar-refractivity contribution is -0.122. The van der Waals surface area contributed by atoms with Gasteiger partial charge in [-0.25, -0.2) is 4.79 Å². The predicted molar refractivity (Wildman–Crippen MR) is 73.5 cm³/mol. The average molecular weight is 268 g/mol. The molecular formula is C14H24N2O3. The molecule has 0 aromatic carbocycles. The second-order valence-electron chi connectivity index (χ2n) is 6.16. The molecule has 0 spiro atoms. The van der Waals surface area contributed by atoms with Crippen molar-refractivity contribution in [2.45, 2.75) is 39.7 Å². The van der Waals surface area contributed by atoms with Gasteiger partial charge in [-0.2, -0.15) is 0 Å². The van der Waals surface area contributed by atoms with Gasteiger partial charge in [0.25, 0.3) is 0 Å². The Kier molecular flexibility index (Phi) is 4.61. The van der Waals surface area contributed by atoms with Crippen LogP contribution in [0, 0.1) is 5.92 Å². The van der Waals surface area contributed by atoms with Crippen molar-refractivity contribution in [2.75, 3.05) is 20.6 Å². The van der Waals surface area contributed by atoms with Gasteiger partial charge >= 0.3 is 6.09 Å². The van der Waals surface area contributed by atoms with Crippen molar-refractivity contribution in [1.29, 1.82) is 0 Å². The highest BCUT2D eigenvalue weighted by atomic mass is 16.6. The number of ether oxygens (including phenoxy) is 1. The molecule has 1 unspecified atom stereocenters. The number of ketones is 1. The maximum absolute atomic E-state index is 12.2. The van der Waals surface area contributed by atoms with E-state index in [-0.39, 0.29) is 11.7 Å². The zero-order valence-corrected chi connectivity index (χ0v) is 12.7. The second kappa shape index (κ2) is 5.63. The quantitative estimate of drug-likeness (QED) is 0.684. The number of likely N-dealkylation sites (tertiary alicyclic amines) is 1. The standard InChI is InChI=1S/C14H24N2O3/c1-10-7-8-16(13(18)19-14(2,3)4)11(12(10)17)9-15(5)6/h9-10H,7-8H2,1-6H3/b11-9-. The molecule has 1 atom stereocenters. The fraction of sp³-hybridized carbons (Fsp3) is 0.714. The van der Waals surface area contributed by atoms with E-state index < -0.39 is 11.7 Å². The lowest BCUT2D eigenvalue weighted by atomic mass is 9.95. The minimum atomic E-state index is -0.563. The SMILES string of the molecule is CC1CCN(C(=O)OC(C)(C)C)/C(=C\N(C)C)C1=O. The molecule has 0 N–H and O–H groups in total. The van der Waals surface area contributed by atoms with Crippen LogP contribution >= 0.6 is 0 Å². The third kappa shape index (κ3) is 4.26. The Morgan fingerprint density at radius 1 is 1.42 bits per heavy atom. The molecular weight excluding hydrogens is 244 g/mol. The molecule has 0 saturated carbocycles. The third-order valence-electron chi connectivity index (χ3n) is 2.77. The summed E-state index contributed by atoms with van der Waals surface area (Å²) in [6.45, 7) is 7.84. The number of hydrogen-bond acceptors (Lipinski definition) is 4. The maximum Gasteiger partial charge on any atom is 0.414 e. The van der Waals surface area contributed by atoms with E-state index in [2.05, 4.69) is 0 Å². The highest BCUT2D eigenvalue weighted by Crippen LogP contribution is 2.24. The summed E-state index contributed by atoms with van der Waals surface area (Å²) in [5, 5.41) is 0. The summed E-state index contributed by atoms with van der Waals surface area (Å²) in [5.41, 5.74) is -0.148. The van der Waals surface area contributed by atoms with Gasteiger partial charge in [-0.15, -0.1) is 0 Å². The lowest BCUT2D eigenvalue weighted by Crippen LogP contribution is -2.44. The number of carbonyl (C=O) groups is 2. The van der Waals surface area contributed by atoms with Gasteiger partial charge in [0.2, 0.25) is 0 Å². The second-order valence-corrected chi connectivity index (χ2v) is 6.16. The first-order valence-corrected chi connectivity index (χ1v) is 6.55. The van der Waals surface area contributed by atoms with Crippen LogP contribution < -0.4 is 0 Å². The van der Waals surface area contributed by atoms with Crippen LogP contribution in [-0.2, 0) is 9.53 Å². The van der Waals surface area contributed by atoms with Crippen molar-refractivity contribution in [3.05, 3.63) is 11.9 Å². The third-order valence-corrected chi connectivity index (χ3v) is 2.77. The largest absolute Gasteiger partial charge is 0.443 e. The maximum atomic E-state index is 12.2. The van der Waals surface area contributed by atoms with Crippen LogP contribution in [0.25, 0.3) is 0 Å². The molecule has 5 nitrogen and oxygen atoms in total. The van der Waals surface area contributed by atoms with E-state index in [0.717, 1.165) is 0 Å². The Morgan fingerprint density at radius 2 is 2.00 bits per heavy atom. The molecule has 0 aromatic heterocycles. The molecule has 1 saturated heterocycles. The first-order valence-electron chi connectivity index (χ1n) is 6.55. The smallest absolute Gasteiger partial charge is 0.414 e. The van der Waals surface area contributed by atoms with E-state index in [1.54, 1.807) is 11.1 Å². The number of piperidine rings is 1. The van der Waals surface area contributed by atoms with Gasteiger partial charge in [-0.1, -0.05) is 6.92 Å². The van der Waals surface area contributed by atoms with E-state index >= 15 is 0 Å². The Bertz CT molecular complexity index is 394. The number of carbonyl (C=O) groups excluding carboxylic acids is 2. The number of hydrogen-bond donors (Lipinski definition) is 0. The fourth-order valence-corrected chi connectivity index (χ4v) is 1.84. The highest BCUT2D eigenvalue weighted by molar-refractivity contribution is 6.00. The van der Waals surface area contributed by atoms with Crippen LogP contribution in [0.1, 0.15) is 34.1 Å². The summed E-state index contributed by atoms with van der Waals surface area (Å²) in [6.07, 6.45) is 1.89. The van der Waals surface area contributed by atoms with Crippen molar-refractivity contribution in [1.82, 2.24) is 9.80 Å². The first kappa shape index (κ1) is 15.5. The molecule has 1 aliphatic rings. The van der Waals surface area contributed by atoms with Crippen LogP contribution in [0.5, 0.6) is 0 Å². The Hall–Kier alpha value is -1.52. The van der Waals surface area contributed by atoms with E-state index in [1.807, 2.05) is 41.8 Å². The van der Waals surface area contributed by atoms with Gasteiger partial charge in [0.15, 0.2) is 5.78 Å². The van der Waals surface area contributed by atoms with E-state index in [0.29, 0.717) is 18.7 Å². The monoisotopic (exact) mass is 268 g/mol. The number of Topliss-reactive ketones (excluding diaryl/α,β-unsaturated/α-hetero) is 1. The zero-order chi connectivity index (χ0) is 14.8. The van der Waals surface area contributed by atoms with Crippen molar-refractivity contribution in [3.63, 3.8) is 0 Å². The van der Waals surface area contributed by atoms with Gasteiger partial charge in [0.1, 0.15) is 11.3 Å². The average Bonchev–Trinajstić information content (AvgIpc) is 2.21. The van der Waals surface area contributed by atoms with Gasteiger partial charge in [0, 0.05) is 32.8 Å². The topological polar surface area (TPSA) is 49.9 Å². The van der Waals surface area contributed by atoms with Crippen LogP contribution in [0.3, 0.4) is 0 Å². The van der Waals surface area contributed by atoms with Crippen molar-refractivity contribution in [2.24, 2.45) is 5.92 Å². The van der Waals surface area contributed by atoms with E-state index in [1.165, 1.54) is 4.90 Å². The minimum Gasteiger partial charge on any atom is -0.443 e. The number of allylic oxidation sites excluding steroid dienone is 1. The molecule has 0 aliphatic carbocycles. The highest BCUT2D eigenvalue weighted by Gasteiger charge is 2.34. The summed E-state index contributed by atoms with van der Waals surface area (Å²) in [5.74, 6) is -0.0595. The molecule has 1 heterocycles. The Balaban J connectivity index is 2.97. The van der Waals surface area contributed by atoms with Crippen molar-refractivity contribution < 1.29 is 14.3 Å². The molecule has 0 aromatic rings. The van der Waals surface area contributed by atoms with Gasteiger partial charge in [-0.3, -0.25) is 9.69 Å². The normalized spacial score (nSPS) is 22.6. The Morgan fingerprint density at radius 3 is 2.47 bits per heavy atom. The summed E-state index contributed by atoms with van der Waals surface area (Å²) in [4.78, 5) is 27.6. The van der Waals surface area contributed by atoms with Crippen LogP contribution in [0.15, 0.2) is 11.9 Å². The molecule has 108 valence electrons. The van der Waals surface area contributed by atoms with Gasteiger partial charge in [0.05, 0.1) is 0 Å². The first-order chi connectivity index (χ1) is 8.61. The van der Waals surface area contributed by atoms with Gasteiger partial charge in [-0.05, 0) is 27.2 Å². The molecule has 5 heteroatoms. The van der Waals surface area contributed by atoms with Crippen LogP contribution in [-0.4, -0.2) is 47.9 Å². The molecule has 1 fully saturated rings. The molecule has 19 heavy (non-hydrogen) atoms. The zero-order valence-electron chi connectivity index (χ0n) is 12.7. The van der Waals surface area contributed by atoms with E-state index in [4.69, 9.17) is 4.74 Å². The molecule has 0 bridgehead atoms. The van der Waals surface area contributed by atoms with E-state index in [9.17, 15) is 9.59 Å². The van der Waals surface area contributed by atoms with Crippen LogP contribution in [0.4, 0.5) is 4.79 Å².